The summed E-state index contributed by atoms with van der Waals surface area (Å²) in [5, 5.41) is 1.94. The highest BCUT2D eigenvalue weighted by molar-refractivity contribution is 6.37. The zero-order chi connectivity index (χ0) is 11.1. The molecule has 0 aliphatic heterocycles. The van der Waals surface area contributed by atoms with Crippen molar-refractivity contribution in [2.75, 3.05) is 0 Å². The number of nitrogens with zero attached hydrogens (tertiary/aromatic N) is 1. The van der Waals surface area contributed by atoms with Crippen LogP contribution in [0, 0.1) is 0 Å². The third-order valence-corrected chi connectivity index (χ3v) is 2.87. The maximum absolute atomic E-state index is 11.8. The highest BCUT2D eigenvalue weighted by atomic mass is 35.5. The van der Waals surface area contributed by atoms with Crippen molar-refractivity contribution in [1.82, 2.24) is 9.97 Å². The van der Waals surface area contributed by atoms with Crippen LogP contribution in [0.25, 0.3) is 21.8 Å². The Bertz CT molecular complexity index is 749. The Morgan fingerprint density at radius 1 is 1.19 bits per heavy atom. The van der Waals surface area contributed by atoms with E-state index in [9.17, 15) is 4.79 Å². The molecule has 3 nitrogen and oxygen atoms in total. The fourth-order valence-corrected chi connectivity index (χ4v) is 2.11. The molecular formula is C12H7ClN2O. The molecule has 0 unspecified atom stereocenters. The first-order valence-electron chi connectivity index (χ1n) is 4.82. The first-order chi connectivity index (χ1) is 7.77. The summed E-state index contributed by atoms with van der Waals surface area (Å²) >= 11 is 6.13. The number of aromatic amines is 1. The first kappa shape index (κ1) is 9.36. The van der Waals surface area contributed by atoms with E-state index >= 15 is 0 Å². The number of nitrogens with one attached hydrogen (secondary N) is 1. The Balaban J connectivity index is 2.72. The number of benzene rings is 1. The molecule has 0 spiro atoms. The maximum Gasteiger partial charge on any atom is 0.257 e. The Labute approximate surface area is 95.7 Å². The smallest absolute Gasteiger partial charge is 0.257 e. The zero-order valence-electron chi connectivity index (χ0n) is 8.20. The fourth-order valence-electron chi connectivity index (χ4n) is 1.85. The number of fused-ring (bicyclic) bond motifs is 3. The Kier molecular flexibility index (Phi) is 1.94. The van der Waals surface area contributed by atoms with Gasteiger partial charge in [0.15, 0.2) is 0 Å². The molecule has 0 aliphatic rings. The van der Waals surface area contributed by atoms with Gasteiger partial charge in [-0.1, -0.05) is 17.7 Å². The minimum absolute atomic E-state index is 0.141. The van der Waals surface area contributed by atoms with Gasteiger partial charge in [0, 0.05) is 11.6 Å². The van der Waals surface area contributed by atoms with Crippen molar-refractivity contribution in [2.45, 2.75) is 0 Å². The van der Waals surface area contributed by atoms with Crippen molar-refractivity contribution in [3.63, 3.8) is 0 Å². The van der Waals surface area contributed by atoms with Gasteiger partial charge in [0.1, 0.15) is 0 Å². The lowest BCUT2D eigenvalue weighted by Crippen LogP contribution is -2.06. The van der Waals surface area contributed by atoms with Crippen LogP contribution in [0.2, 0.25) is 5.02 Å². The molecule has 78 valence electrons. The van der Waals surface area contributed by atoms with Gasteiger partial charge in [-0.25, -0.2) is 0 Å². The molecule has 0 radical (unpaired) electrons. The van der Waals surface area contributed by atoms with Crippen LogP contribution in [0.5, 0.6) is 0 Å². The van der Waals surface area contributed by atoms with Gasteiger partial charge in [0.2, 0.25) is 0 Å². The van der Waals surface area contributed by atoms with E-state index in [1.54, 1.807) is 30.5 Å². The van der Waals surface area contributed by atoms with Crippen LogP contribution in [0.15, 0.2) is 41.3 Å². The first-order valence-corrected chi connectivity index (χ1v) is 5.20. The van der Waals surface area contributed by atoms with Crippen molar-refractivity contribution >= 4 is 33.4 Å². The second kappa shape index (κ2) is 3.32. The summed E-state index contributed by atoms with van der Waals surface area (Å²) in [6.45, 7) is 0. The molecule has 3 rings (SSSR count). The summed E-state index contributed by atoms with van der Waals surface area (Å²) in [7, 11) is 0. The lowest BCUT2D eigenvalue weighted by atomic mass is 10.1. The van der Waals surface area contributed by atoms with Crippen LogP contribution in [0.4, 0.5) is 0 Å². The highest BCUT2D eigenvalue weighted by Gasteiger charge is 2.07. The summed E-state index contributed by atoms with van der Waals surface area (Å²) in [6, 6.07) is 8.88. The van der Waals surface area contributed by atoms with Crippen LogP contribution in [0.1, 0.15) is 0 Å². The minimum atomic E-state index is -0.141. The van der Waals surface area contributed by atoms with E-state index in [-0.39, 0.29) is 5.56 Å². The van der Waals surface area contributed by atoms with Gasteiger partial charge in [-0.3, -0.25) is 9.78 Å². The van der Waals surface area contributed by atoms with E-state index in [2.05, 4.69) is 9.97 Å². The van der Waals surface area contributed by atoms with Gasteiger partial charge in [0.25, 0.3) is 5.56 Å². The molecule has 0 atom stereocenters. The number of halogens is 1. The number of rotatable bonds is 0. The second-order valence-corrected chi connectivity index (χ2v) is 3.92. The topological polar surface area (TPSA) is 45.8 Å². The molecule has 4 heteroatoms. The predicted molar refractivity (Wildman–Crippen MR) is 64.9 cm³/mol. The van der Waals surface area contributed by atoms with Crippen molar-refractivity contribution in [1.29, 1.82) is 0 Å². The minimum Gasteiger partial charge on any atom is -0.321 e. The van der Waals surface area contributed by atoms with Gasteiger partial charge < -0.3 is 4.98 Å². The molecule has 0 fully saturated rings. The number of pyridine rings is 2. The third-order valence-electron chi connectivity index (χ3n) is 2.55. The van der Waals surface area contributed by atoms with E-state index in [1.165, 1.54) is 0 Å². The molecule has 2 heterocycles. The summed E-state index contributed by atoms with van der Waals surface area (Å²) < 4.78 is 0. The molecule has 1 N–H and O–H groups in total. The molecule has 0 saturated heterocycles. The Morgan fingerprint density at radius 3 is 2.94 bits per heavy atom. The predicted octanol–water partition coefficient (Wildman–Crippen LogP) is 2.73. The van der Waals surface area contributed by atoms with Crippen LogP contribution in [-0.2, 0) is 0 Å². The fraction of sp³-hybridized carbons (Fsp3) is 0. The van der Waals surface area contributed by atoms with Crippen molar-refractivity contribution in [2.24, 2.45) is 0 Å². The van der Waals surface area contributed by atoms with Gasteiger partial charge >= 0.3 is 0 Å². The molecular weight excluding hydrogens is 224 g/mol. The van der Waals surface area contributed by atoms with Crippen LogP contribution in [0.3, 0.4) is 0 Å². The van der Waals surface area contributed by atoms with Crippen LogP contribution < -0.4 is 5.56 Å². The lowest BCUT2D eigenvalue weighted by Gasteiger charge is -2.03. The second-order valence-electron chi connectivity index (χ2n) is 3.52. The average Bonchev–Trinajstić information content (AvgIpc) is 2.29. The van der Waals surface area contributed by atoms with E-state index in [0.29, 0.717) is 21.4 Å². The van der Waals surface area contributed by atoms with E-state index in [1.807, 2.05) is 6.07 Å². The number of hydrogen-bond acceptors (Lipinski definition) is 2. The van der Waals surface area contributed by atoms with E-state index < -0.39 is 0 Å². The van der Waals surface area contributed by atoms with Crippen LogP contribution in [-0.4, -0.2) is 9.97 Å². The van der Waals surface area contributed by atoms with Gasteiger partial charge in [-0.05, 0) is 24.3 Å². The lowest BCUT2D eigenvalue weighted by molar-refractivity contribution is 1.32. The maximum atomic E-state index is 11.8. The quantitative estimate of drug-likeness (QED) is 0.604. The summed E-state index contributed by atoms with van der Waals surface area (Å²) in [4.78, 5) is 18.8. The highest BCUT2D eigenvalue weighted by Crippen LogP contribution is 2.26. The van der Waals surface area contributed by atoms with Gasteiger partial charge in [-0.15, -0.1) is 0 Å². The van der Waals surface area contributed by atoms with E-state index in [4.69, 9.17) is 11.6 Å². The Hall–Kier alpha value is -1.87. The SMILES string of the molecule is O=c1[nH]c2cccc(Cl)c2c2ncccc12. The zero-order valence-corrected chi connectivity index (χ0v) is 8.95. The Morgan fingerprint density at radius 2 is 2.06 bits per heavy atom. The van der Waals surface area contributed by atoms with Gasteiger partial charge in [-0.2, -0.15) is 0 Å². The van der Waals surface area contributed by atoms with E-state index in [0.717, 1.165) is 5.39 Å². The number of H-pyrrole nitrogens is 1. The van der Waals surface area contributed by atoms with Crippen molar-refractivity contribution in [3.05, 3.63) is 51.9 Å². The number of aromatic nitrogens is 2. The molecule has 0 amide bonds. The molecule has 16 heavy (non-hydrogen) atoms. The standard InChI is InChI=1S/C12H7ClN2O/c13-8-4-1-5-9-10(8)11-7(12(16)15-9)3-2-6-14-11/h1-6H,(H,15,16). The normalized spacial score (nSPS) is 11.1. The van der Waals surface area contributed by atoms with Gasteiger partial charge in [0.05, 0.1) is 21.4 Å². The van der Waals surface area contributed by atoms with Crippen molar-refractivity contribution < 1.29 is 0 Å². The molecule has 0 saturated carbocycles. The van der Waals surface area contributed by atoms with Crippen LogP contribution >= 0.6 is 11.6 Å². The summed E-state index contributed by atoms with van der Waals surface area (Å²) in [5.41, 5.74) is 1.22. The molecule has 2 aromatic heterocycles. The monoisotopic (exact) mass is 230 g/mol. The summed E-state index contributed by atoms with van der Waals surface area (Å²) in [5.74, 6) is 0. The van der Waals surface area contributed by atoms with Crippen molar-refractivity contribution in [3.8, 4) is 0 Å². The summed E-state index contributed by atoms with van der Waals surface area (Å²) in [6.07, 6.45) is 1.66. The molecule has 1 aromatic carbocycles. The molecule has 0 bridgehead atoms. The third kappa shape index (κ3) is 1.22. The molecule has 3 aromatic rings. The molecule has 0 aliphatic carbocycles. The average molecular weight is 231 g/mol. The number of hydrogen-bond donors (Lipinski definition) is 1. The largest absolute Gasteiger partial charge is 0.321 e.